The molecule has 1 aromatic rings. The molecule has 3 nitrogen and oxygen atoms in total. The van der Waals surface area contributed by atoms with Crippen LogP contribution in [0.4, 0.5) is 0 Å². The second-order valence-electron chi connectivity index (χ2n) is 3.53. The van der Waals surface area contributed by atoms with Crippen molar-refractivity contribution in [1.29, 1.82) is 0 Å². The predicted molar refractivity (Wildman–Crippen MR) is 51.2 cm³/mol. The molecule has 1 aliphatic rings. The molecule has 1 aliphatic heterocycles. The molecule has 0 bridgehead atoms. The number of nitrogens with zero attached hydrogens (tertiary/aromatic N) is 2. The lowest BCUT2D eigenvalue weighted by Gasteiger charge is -2.21. The van der Waals surface area contributed by atoms with Crippen molar-refractivity contribution in [1.82, 2.24) is 14.7 Å². The van der Waals surface area contributed by atoms with Crippen LogP contribution in [-0.4, -0.2) is 22.5 Å². The van der Waals surface area contributed by atoms with Crippen LogP contribution < -0.4 is 5.32 Å². The first kappa shape index (κ1) is 7.92. The molecule has 1 aromatic heterocycles. The topological polar surface area (TPSA) is 21.9 Å². The Morgan fingerprint density at radius 2 is 2.33 bits per heavy atom. The molecule has 0 radical (unpaired) electrons. The molecule has 2 rings (SSSR count). The summed E-state index contributed by atoms with van der Waals surface area (Å²) in [6.45, 7) is 6.87. The molecular weight excluding hydrogens is 150 g/mol. The van der Waals surface area contributed by atoms with Gasteiger partial charge in [0, 0.05) is 26.9 Å². The summed E-state index contributed by atoms with van der Waals surface area (Å²) in [4.78, 5) is 0. The highest BCUT2D eigenvalue weighted by Crippen LogP contribution is 2.11. The smallest absolute Gasteiger partial charge is 0.0430 e. The highest BCUT2D eigenvalue weighted by molar-refractivity contribution is 4.79. The molecule has 0 saturated carbocycles. The molecule has 3 heteroatoms. The van der Waals surface area contributed by atoms with E-state index in [1.54, 1.807) is 0 Å². The Balaban J connectivity index is 0.000000845. The SMILES string of the molecule is CCn1ccn1CC1CCNC1.[HH]. The van der Waals surface area contributed by atoms with E-state index in [4.69, 9.17) is 0 Å². The van der Waals surface area contributed by atoms with Crippen LogP contribution in [0.1, 0.15) is 14.8 Å². The van der Waals surface area contributed by atoms with E-state index < -0.39 is 0 Å². The lowest BCUT2D eigenvalue weighted by molar-refractivity contribution is 0.353. The lowest BCUT2D eigenvalue weighted by atomic mass is 10.1. The van der Waals surface area contributed by atoms with Gasteiger partial charge in [-0.2, -0.15) is 0 Å². The Hall–Kier alpha value is -0.700. The maximum absolute atomic E-state index is 3.39. The summed E-state index contributed by atoms with van der Waals surface area (Å²) in [6, 6.07) is 0. The van der Waals surface area contributed by atoms with Crippen molar-refractivity contribution in [2.75, 3.05) is 13.1 Å². The summed E-state index contributed by atoms with van der Waals surface area (Å²) in [5.74, 6) is 0.851. The van der Waals surface area contributed by atoms with E-state index >= 15 is 0 Å². The molecule has 0 spiro atoms. The van der Waals surface area contributed by atoms with E-state index in [0.717, 1.165) is 12.5 Å². The zero-order chi connectivity index (χ0) is 8.39. The van der Waals surface area contributed by atoms with Crippen molar-refractivity contribution in [3.05, 3.63) is 12.4 Å². The minimum Gasteiger partial charge on any atom is -0.316 e. The quantitative estimate of drug-likeness (QED) is 0.720. The number of aromatic nitrogens is 2. The van der Waals surface area contributed by atoms with Crippen LogP contribution in [0.2, 0.25) is 0 Å². The normalized spacial score (nSPS) is 23.6. The summed E-state index contributed by atoms with van der Waals surface area (Å²) in [6.07, 6.45) is 5.64. The number of hydrogen-bond donors (Lipinski definition) is 1. The minimum absolute atomic E-state index is 0. The molecule has 1 atom stereocenters. The summed E-state index contributed by atoms with van der Waals surface area (Å²) >= 11 is 0. The monoisotopic (exact) mass is 169 g/mol. The molecule has 0 amide bonds. The summed E-state index contributed by atoms with van der Waals surface area (Å²) < 4.78 is 4.58. The first-order chi connectivity index (χ1) is 5.90. The van der Waals surface area contributed by atoms with Crippen LogP contribution in [0, 0.1) is 5.92 Å². The number of aryl methyl sites for hydroxylation is 1. The Morgan fingerprint density at radius 1 is 1.50 bits per heavy atom. The van der Waals surface area contributed by atoms with Crippen molar-refractivity contribution in [2.45, 2.75) is 26.4 Å². The number of nitrogens with one attached hydrogen (secondary N) is 1. The molecule has 70 valence electrons. The van der Waals surface area contributed by atoms with Crippen molar-refractivity contribution < 1.29 is 1.43 Å². The van der Waals surface area contributed by atoms with Crippen LogP contribution >= 0.6 is 0 Å². The maximum Gasteiger partial charge on any atom is 0.0430 e. The molecule has 1 unspecified atom stereocenters. The Morgan fingerprint density at radius 3 is 2.83 bits per heavy atom. The van der Waals surface area contributed by atoms with Gasteiger partial charge in [-0.05, 0) is 32.4 Å². The fourth-order valence-electron chi connectivity index (χ4n) is 1.84. The molecule has 2 heterocycles. The number of rotatable bonds is 3. The number of hydrogen-bond acceptors (Lipinski definition) is 1. The van der Waals surface area contributed by atoms with Gasteiger partial charge in [-0.3, -0.25) is 9.36 Å². The summed E-state index contributed by atoms with van der Waals surface area (Å²) in [7, 11) is 0. The van der Waals surface area contributed by atoms with Gasteiger partial charge in [0.1, 0.15) is 0 Å². The van der Waals surface area contributed by atoms with Crippen molar-refractivity contribution >= 4 is 0 Å². The lowest BCUT2D eigenvalue weighted by Crippen LogP contribution is -2.24. The van der Waals surface area contributed by atoms with E-state index in [0.29, 0.717) is 0 Å². The van der Waals surface area contributed by atoms with E-state index in [-0.39, 0.29) is 1.43 Å². The largest absolute Gasteiger partial charge is 0.316 e. The summed E-state index contributed by atoms with van der Waals surface area (Å²) in [5, 5.41) is 3.39. The second-order valence-corrected chi connectivity index (χ2v) is 3.53. The van der Waals surface area contributed by atoms with Crippen molar-refractivity contribution in [2.24, 2.45) is 5.92 Å². The van der Waals surface area contributed by atoms with Crippen LogP contribution in [0.3, 0.4) is 0 Å². The molecule has 12 heavy (non-hydrogen) atoms. The fourth-order valence-corrected chi connectivity index (χ4v) is 1.84. The van der Waals surface area contributed by atoms with Crippen LogP contribution in [0.5, 0.6) is 0 Å². The molecule has 0 aliphatic carbocycles. The summed E-state index contributed by atoms with van der Waals surface area (Å²) in [5.41, 5.74) is 0. The van der Waals surface area contributed by atoms with Gasteiger partial charge >= 0.3 is 0 Å². The fraction of sp³-hybridized carbons (Fsp3) is 0.778. The van der Waals surface area contributed by atoms with Gasteiger partial charge < -0.3 is 5.32 Å². The van der Waals surface area contributed by atoms with Gasteiger partial charge in [0.25, 0.3) is 0 Å². The minimum atomic E-state index is 0. The van der Waals surface area contributed by atoms with Crippen LogP contribution in [0.25, 0.3) is 0 Å². The predicted octanol–water partition coefficient (Wildman–Crippen LogP) is 1.16. The maximum atomic E-state index is 3.39. The van der Waals surface area contributed by atoms with Gasteiger partial charge in [0.05, 0.1) is 0 Å². The second kappa shape index (κ2) is 3.35. The average molecular weight is 169 g/mol. The third-order valence-corrected chi connectivity index (χ3v) is 2.67. The zero-order valence-corrected chi connectivity index (χ0v) is 7.66. The highest BCUT2D eigenvalue weighted by atomic mass is 15.4. The third kappa shape index (κ3) is 1.41. The van der Waals surface area contributed by atoms with Gasteiger partial charge in [0.15, 0.2) is 0 Å². The molecule has 1 N–H and O–H groups in total. The molecule has 1 fully saturated rings. The Labute approximate surface area is 74.8 Å². The first-order valence-electron chi connectivity index (χ1n) is 4.82. The van der Waals surface area contributed by atoms with Gasteiger partial charge in [-0.25, -0.2) is 0 Å². The first-order valence-corrected chi connectivity index (χ1v) is 4.82. The van der Waals surface area contributed by atoms with E-state index in [2.05, 4.69) is 34.0 Å². The van der Waals surface area contributed by atoms with Crippen LogP contribution in [-0.2, 0) is 13.1 Å². The van der Waals surface area contributed by atoms with Gasteiger partial charge in [0.2, 0.25) is 0 Å². The van der Waals surface area contributed by atoms with Gasteiger partial charge in [-0.1, -0.05) is 0 Å². The van der Waals surface area contributed by atoms with Crippen molar-refractivity contribution in [3.8, 4) is 0 Å². The molecular formula is C9H19N3. The van der Waals surface area contributed by atoms with Crippen LogP contribution in [0.15, 0.2) is 12.4 Å². The molecule has 1 saturated heterocycles. The Kier molecular flexibility index (Phi) is 2.21. The Bertz CT molecular complexity index is 235. The van der Waals surface area contributed by atoms with Crippen molar-refractivity contribution in [3.63, 3.8) is 0 Å². The van der Waals surface area contributed by atoms with E-state index in [1.807, 2.05) is 0 Å². The van der Waals surface area contributed by atoms with E-state index in [9.17, 15) is 0 Å². The van der Waals surface area contributed by atoms with Gasteiger partial charge in [-0.15, -0.1) is 0 Å². The zero-order valence-electron chi connectivity index (χ0n) is 7.66. The average Bonchev–Trinajstić information content (AvgIpc) is 2.51. The standard InChI is InChI=1S/C9H17N3.H2/c1-2-11-5-6-12(11)8-9-3-4-10-7-9;/h5-6,9-10H,2-4,7-8H2,1H3;1H. The molecule has 0 aromatic carbocycles. The van der Waals surface area contributed by atoms with E-state index in [1.165, 1.54) is 26.1 Å². The highest BCUT2D eigenvalue weighted by Gasteiger charge is 2.15. The third-order valence-electron chi connectivity index (χ3n) is 2.67.